The second-order valence-corrected chi connectivity index (χ2v) is 3.85. The highest BCUT2D eigenvalue weighted by Gasteiger charge is 2.30. The summed E-state index contributed by atoms with van der Waals surface area (Å²) in [7, 11) is 1.61. The number of rotatable bonds is 4. The standard InChI is InChI=1S/C12H14F3NO/c1-8(17)11(16-2)7-9-4-3-5-10(6-9)12(13,14)15/h3-6,11,16H,7H2,1-2H3/t11-/m0/s1. The molecule has 1 atom stereocenters. The zero-order valence-electron chi connectivity index (χ0n) is 9.64. The number of benzene rings is 1. The normalized spacial score (nSPS) is 13.5. The van der Waals surface area contributed by atoms with Crippen LogP contribution in [0.2, 0.25) is 0 Å². The lowest BCUT2D eigenvalue weighted by atomic mass is 10.0. The van der Waals surface area contributed by atoms with Crippen molar-refractivity contribution in [3.05, 3.63) is 35.4 Å². The van der Waals surface area contributed by atoms with E-state index in [9.17, 15) is 18.0 Å². The number of halogens is 3. The Bertz CT molecular complexity index is 401. The number of carbonyl (C=O) groups excluding carboxylic acids is 1. The topological polar surface area (TPSA) is 29.1 Å². The monoisotopic (exact) mass is 245 g/mol. The molecular weight excluding hydrogens is 231 g/mol. The Labute approximate surface area is 97.8 Å². The van der Waals surface area contributed by atoms with Crippen LogP contribution in [0.3, 0.4) is 0 Å². The first-order valence-corrected chi connectivity index (χ1v) is 5.18. The molecule has 0 saturated heterocycles. The summed E-state index contributed by atoms with van der Waals surface area (Å²) in [5, 5.41) is 2.78. The summed E-state index contributed by atoms with van der Waals surface area (Å²) >= 11 is 0. The van der Waals surface area contributed by atoms with Crippen molar-refractivity contribution in [2.45, 2.75) is 25.6 Å². The van der Waals surface area contributed by atoms with Crippen LogP contribution in [0.25, 0.3) is 0 Å². The molecule has 0 aliphatic carbocycles. The lowest BCUT2D eigenvalue weighted by molar-refractivity contribution is -0.137. The number of hydrogen-bond acceptors (Lipinski definition) is 2. The maximum atomic E-state index is 12.5. The summed E-state index contributed by atoms with van der Waals surface area (Å²) < 4.78 is 37.4. The fourth-order valence-electron chi connectivity index (χ4n) is 1.56. The fraction of sp³-hybridized carbons (Fsp3) is 0.417. The van der Waals surface area contributed by atoms with E-state index in [1.807, 2.05) is 0 Å². The van der Waals surface area contributed by atoms with Gasteiger partial charge in [-0.1, -0.05) is 18.2 Å². The SMILES string of the molecule is CN[C@@H](Cc1cccc(C(F)(F)F)c1)C(C)=O. The predicted molar refractivity (Wildman–Crippen MR) is 58.7 cm³/mol. The molecule has 0 spiro atoms. The first-order valence-electron chi connectivity index (χ1n) is 5.18. The van der Waals surface area contributed by atoms with Crippen LogP contribution in [-0.4, -0.2) is 18.9 Å². The molecule has 0 unspecified atom stereocenters. The number of alkyl halides is 3. The van der Waals surface area contributed by atoms with Gasteiger partial charge in [0.05, 0.1) is 11.6 Å². The van der Waals surface area contributed by atoms with Crippen LogP contribution in [-0.2, 0) is 17.4 Å². The van der Waals surface area contributed by atoms with Crippen LogP contribution in [0.4, 0.5) is 13.2 Å². The fourth-order valence-corrected chi connectivity index (χ4v) is 1.56. The van der Waals surface area contributed by atoms with Gasteiger partial charge in [0.2, 0.25) is 0 Å². The maximum Gasteiger partial charge on any atom is 0.416 e. The van der Waals surface area contributed by atoms with Gasteiger partial charge >= 0.3 is 6.18 Å². The first-order chi connectivity index (χ1) is 7.84. The molecule has 0 aliphatic rings. The molecule has 5 heteroatoms. The Morgan fingerprint density at radius 3 is 2.53 bits per heavy atom. The Hall–Kier alpha value is -1.36. The van der Waals surface area contributed by atoms with Crippen molar-refractivity contribution in [2.75, 3.05) is 7.05 Å². The molecule has 0 fully saturated rings. The van der Waals surface area contributed by atoms with Gasteiger partial charge in [0.15, 0.2) is 0 Å². The quantitative estimate of drug-likeness (QED) is 0.882. The third-order valence-electron chi connectivity index (χ3n) is 2.53. The Morgan fingerprint density at radius 2 is 2.06 bits per heavy atom. The maximum absolute atomic E-state index is 12.5. The van der Waals surface area contributed by atoms with Crippen LogP contribution in [0.1, 0.15) is 18.1 Å². The Morgan fingerprint density at radius 1 is 1.41 bits per heavy atom. The third-order valence-corrected chi connectivity index (χ3v) is 2.53. The Balaban J connectivity index is 2.89. The van der Waals surface area contributed by atoms with E-state index in [4.69, 9.17) is 0 Å². The minimum absolute atomic E-state index is 0.0927. The van der Waals surface area contributed by atoms with Gasteiger partial charge in [-0.3, -0.25) is 4.79 Å². The zero-order chi connectivity index (χ0) is 13.1. The van der Waals surface area contributed by atoms with E-state index in [0.717, 1.165) is 12.1 Å². The van der Waals surface area contributed by atoms with E-state index in [2.05, 4.69) is 5.32 Å². The number of ketones is 1. The average Bonchev–Trinajstić information content (AvgIpc) is 2.24. The van der Waals surface area contributed by atoms with Crippen LogP contribution in [0, 0.1) is 0 Å². The number of nitrogens with one attached hydrogen (secondary N) is 1. The molecule has 0 amide bonds. The largest absolute Gasteiger partial charge is 0.416 e. The van der Waals surface area contributed by atoms with E-state index in [1.165, 1.54) is 13.0 Å². The molecule has 1 aromatic carbocycles. The van der Waals surface area contributed by atoms with Crippen molar-refractivity contribution < 1.29 is 18.0 Å². The van der Waals surface area contributed by atoms with E-state index >= 15 is 0 Å². The van der Waals surface area contributed by atoms with Crippen molar-refractivity contribution in [2.24, 2.45) is 0 Å². The average molecular weight is 245 g/mol. The molecule has 1 N–H and O–H groups in total. The molecular formula is C12H14F3NO. The molecule has 0 aliphatic heterocycles. The van der Waals surface area contributed by atoms with Crippen LogP contribution in [0.15, 0.2) is 24.3 Å². The van der Waals surface area contributed by atoms with E-state index in [-0.39, 0.29) is 12.2 Å². The second kappa shape index (κ2) is 5.31. The molecule has 17 heavy (non-hydrogen) atoms. The van der Waals surface area contributed by atoms with E-state index in [0.29, 0.717) is 5.56 Å². The number of hydrogen-bond donors (Lipinski definition) is 1. The molecule has 0 bridgehead atoms. The van der Waals surface area contributed by atoms with Gasteiger partial charge in [0.25, 0.3) is 0 Å². The molecule has 0 heterocycles. The van der Waals surface area contributed by atoms with E-state index in [1.54, 1.807) is 13.1 Å². The van der Waals surface area contributed by atoms with Crippen molar-refractivity contribution >= 4 is 5.78 Å². The van der Waals surface area contributed by atoms with Gasteiger partial charge in [-0.2, -0.15) is 13.2 Å². The highest BCUT2D eigenvalue weighted by atomic mass is 19.4. The van der Waals surface area contributed by atoms with Crippen LogP contribution in [0.5, 0.6) is 0 Å². The van der Waals surface area contributed by atoms with Gasteiger partial charge in [-0.25, -0.2) is 0 Å². The van der Waals surface area contributed by atoms with Gasteiger partial charge in [0.1, 0.15) is 5.78 Å². The van der Waals surface area contributed by atoms with Crippen molar-refractivity contribution in [3.8, 4) is 0 Å². The predicted octanol–water partition coefficient (Wildman–Crippen LogP) is 2.42. The van der Waals surface area contributed by atoms with Crippen molar-refractivity contribution in [1.29, 1.82) is 0 Å². The molecule has 0 saturated carbocycles. The first kappa shape index (κ1) is 13.7. The molecule has 94 valence electrons. The number of Topliss-reactive ketones (excluding diaryl/α,β-unsaturated/α-hetero) is 1. The highest BCUT2D eigenvalue weighted by molar-refractivity contribution is 5.81. The summed E-state index contributed by atoms with van der Waals surface area (Å²) in [6, 6.07) is 4.59. The van der Waals surface area contributed by atoms with Crippen LogP contribution >= 0.6 is 0 Å². The second-order valence-electron chi connectivity index (χ2n) is 3.85. The van der Waals surface area contributed by atoms with E-state index < -0.39 is 17.8 Å². The summed E-state index contributed by atoms with van der Waals surface area (Å²) in [5.41, 5.74) is -0.192. The van der Waals surface area contributed by atoms with Crippen molar-refractivity contribution in [1.82, 2.24) is 5.32 Å². The number of carbonyl (C=O) groups is 1. The van der Waals surface area contributed by atoms with Gasteiger partial charge in [-0.05, 0) is 32.0 Å². The number of likely N-dealkylation sites (N-methyl/N-ethyl adjacent to an activating group) is 1. The molecule has 1 aromatic rings. The highest BCUT2D eigenvalue weighted by Crippen LogP contribution is 2.29. The van der Waals surface area contributed by atoms with Crippen molar-refractivity contribution in [3.63, 3.8) is 0 Å². The molecule has 2 nitrogen and oxygen atoms in total. The minimum Gasteiger partial charge on any atom is -0.310 e. The summed E-state index contributed by atoms with van der Waals surface area (Å²) in [6.45, 7) is 1.41. The zero-order valence-corrected chi connectivity index (χ0v) is 9.64. The molecule has 1 rings (SSSR count). The Kier molecular flexibility index (Phi) is 4.28. The smallest absolute Gasteiger partial charge is 0.310 e. The molecule has 0 aromatic heterocycles. The third kappa shape index (κ3) is 3.85. The van der Waals surface area contributed by atoms with Crippen LogP contribution < -0.4 is 5.32 Å². The van der Waals surface area contributed by atoms with Gasteiger partial charge in [-0.15, -0.1) is 0 Å². The lowest BCUT2D eigenvalue weighted by Crippen LogP contribution is -2.34. The minimum atomic E-state index is -4.35. The lowest BCUT2D eigenvalue weighted by Gasteiger charge is -2.14. The summed E-state index contributed by atoms with van der Waals surface area (Å²) in [6.07, 6.45) is -4.09. The summed E-state index contributed by atoms with van der Waals surface area (Å²) in [4.78, 5) is 11.2. The summed E-state index contributed by atoms with van der Waals surface area (Å²) in [5.74, 6) is -0.0927. The molecule has 0 radical (unpaired) electrons. The van der Waals surface area contributed by atoms with Gasteiger partial charge in [0, 0.05) is 0 Å². The van der Waals surface area contributed by atoms with Gasteiger partial charge < -0.3 is 5.32 Å².